The van der Waals surface area contributed by atoms with E-state index < -0.39 is 6.10 Å². The average molecular weight is 320 g/mol. The summed E-state index contributed by atoms with van der Waals surface area (Å²) in [7, 11) is 1.53. The van der Waals surface area contributed by atoms with Crippen molar-refractivity contribution < 1.29 is 19.1 Å². The van der Waals surface area contributed by atoms with Crippen LogP contribution in [0, 0.1) is 0 Å². The molecule has 0 bridgehead atoms. The number of Topliss-reactive ketones (excluding diaryl/α,β-unsaturated/α-hetero) is 1. The van der Waals surface area contributed by atoms with Gasteiger partial charge in [0.15, 0.2) is 22.1 Å². The molecule has 0 spiro atoms. The molecule has 0 saturated heterocycles. The van der Waals surface area contributed by atoms with E-state index in [1.807, 2.05) is 0 Å². The zero-order chi connectivity index (χ0) is 16.1. The van der Waals surface area contributed by atoms with Gasteiger partial charge in [0.05, 0.1) is 13.3 Å². The van der Waals surface area contributed by atoms with Gasteiger partial charge >= 0.3 is 0 Å². The van der Waals surface area contributed by atoms with E-state index in [4.69, 9.17) is 9.47 Å². The number of carbonyl (C=O) groups is 2. The molecule has 0 saturated carbocycles. The van der Waals surface area contributed by atoms with E-state index >= 15 is 0 Å². The fourth-order valence-electron chi connectivity index (χ4n) is 1.66. The van der Waals surface area contributed by atoms with Gasteiger partial charge in [0.1, 0.15) is 5.75 Å². The number of ether oxygens (including phenoxy) is 2. The van der Waals surface area contributed by atoms with Gasteiger partial charge in [-0.2, -0.15) is 0 Å². The molecule has 0 aliphatic rings. The molecular weight excluding hydrogens is 304 g/mol. The van der Waals surface area contributed by atoms with Crippen molar-refractivity contribution in [1.82, 2.24) is 4.98 Å². The molecule has 7 heteroatoms. The first kappa shape index (κ1) is 16.0. The highest BCUT2D eigenvalue weighted by molar-refractivity contribution is 7.17. The molecule has 0 radical (unpaired) electrons. The number of hydrogen-bond acceptors (Lipinski definition) is 6. The van der Waals surface area contributed by atoms with Crippen LogP contribution < -0.4 is 14.8 Å². The molecule has 1 N–H and O–H groups in total. The third kappa shape index (κ3) is 4.05. The number of aromatic nitrogens is 1. The van der Waals surface area contributed by atoms with Crippen LogP contribution in [0.2, 0.25) is 0 Å². The third-order valence-corrected chi connectivity index (χ3v) is 3.71. The summed E-state index contributed by atoms with van der Waals surface area (Å²) in [5.41, 5.74) is 0.537. The Morgan fingerprint density at radius 2 is 2.14 bits per heavy atom. The smallest absolute Gasteiger partial charge is 0.266 e. The average Bonchev–Trinajstić information content (AvgIpc) is 2.95. The highest BCUT2D eigenvalue weighted by Crippen LogP contribution is 2.25. The number of nitrogens with one attached hydrogen (secondary N) is 1. The molecule has 1 aromatic heterocycles. The van der Waals surface area contributed by atoms with Gasteiger partial charge in [-0.1, -0.05) is 23.5 Å². The summed E-state index contributed by atoms with van der Waals surface area (Å²) in [6, 6.07) is 6.71. The van der Waals surface area contributed by atoms with Gasteiger partial charge in [0.2, 0.25) is 0 Å². The van der Waals surface area contributed by atoms with Crippen molar-refractivity contribution in [2.75, 3.05) is 12.4 Å². The van der Waals surface area contributed by atoms with E-state index in [9.17, 15) is 9.59 Å². The number of ketones is 1. The summed E-state index contributed by atoms with van der Waals surface area (Å²) < 4.78 is 10.6. The van der Waals surface area contributed by atoms with Crippen molar-refractivity contribution in [3.63, 3.8) is 0 Å². The zero-order valence-corrected chi connectivity index (χ0v) is 13.3. The van der Waals surface area contributed by atoms with Crippen LogP contribution in [0.3, 0.4) is 0 Å². The lowest BCUT2D eigenvalue weighted by Crippen LogP contribution is -2.30. The highest BCUT2D eigenvalue weighted by atomic mass is 32.1. The van der Waals surface area contributed by atoms with Crippen molar-refractivity contribution in [3.05, 3.63) is 36.0 Å². The van der Waals surface area contributed by atoms with Crippen LogP contribution in [0.25, 0.3) is 0 Å². The lowest BCUT2D eigenvalue weighted by Gasteiger charge is -2.14. The second-order valence-corrected chi connectivity index (χ2v) is 5.52. The molecule has 1 amide bonds. The summed E-state index contributed by atoms with van der Waals surface area (Å²) in [5.74, 6) is 0.0785. The van der Waals surface area contributed by atoms with Crippen molar-refractivity contribution in [3.8, 4) is 10.8 Å². The van der Waals surface area contributed by atoms with Gasteiger partial charge in [-0.25, -0.2) is 4.98 Å². The maximum atomic E-state index is 12.1. The highest BCUT2D eigenvalue weighted by Gasteiger charge is 2.17. The van der Waals surface area contributed by atoms with Crippen LogP contribution in [0.5, 0.6) is 10.8 Å². The molecule has 1 atom stereocenters. The van der Waals surface area contributed by atoms with Gasteiger partial charge in [0.25, 0.3) is 5.91 Å². The lowest BCUT2D eigenvalue weighted by atomic mass is 10.1. The summed E-state index contributed by atoms with van der Waals surface area (Å²) in [5, 5.41) is 3.70. The number of amides is 1. The molecule has 0 aliphatic heterocycles. The number of methoxy groups -OCH3 is 1. The van der Waals surface area contributed by atoms with Crippen molar-refractivity contribution in [1.29, 1.82) is 0 Å². The number of carbonyl (C=O) groups excluding carboxylic acids is 2. The number of thiazole rings is 1. The maximum Gasteiger partial charge on any atom is 0.266 e. The molecular formula is C15H16N2O4S. The summed E-state index contributed by atoms with van der Waals surface area (Å²) in [6.45, 7) is 3.10. The fraction of sp³-hybridized carbons (Fsp3) is 0.267. The summed E-state index contributed by atoms with van der Waals surface area (Å²) in [4.78, 5) is 27.4. The van der Waals surface area contributed by atoms with Gasteiger partial charge < -0.3 is 9.47 Å². The number of rotatable bonds is 6. The number of nitrogens with zero attached hydrogens (tertiary/aromatic N) is 1. The molecule has 116 valence electrons. The first-order valence-electron chi connectivity index (χ1n) is 6.58. The SMILES string of the molecule is COc1cnc(NC(=O)[C@@H](C)Oc2cccc(C(C)=O)c2)s1. The van der Waals surface area contributed by atoms with Crippen molar-refractivity contribution in [2.24, 2.45) is 0 Å². The van der Waals surface area contributed by atoms with E-state index in [-0.39, 0.29) is 11.7 Å². The monoisotopic (exact) mass is 320 g/mol. The van der Waals surface area contributed by atoms with E-state index in [2.05, 4.69) is 10.3 Å². The maximum absolute atomic E-state index is 12.1. The Kier molecular flexibility index (Phi) is 5.11. The Balaban J connectivity index is 1.99. The minimum absolute atomic E-state index is 0.0579. The normalized spacial score (nSPS) is 11.6. The lowest BCUT2D eigenvalue weighted by molar-refractivity contribution is -0.122. The zero-order valence-electron chi connectivity index (χ0n) is 12.5. The van der Waals surface area contributed by atoms with Crippen LogP contribution >= 0.6 is 11.3 Å². The molecule has 22 heavy (non-hydrogen) atoms. The van der Waals surface area contributed by atoms with Crippen LogP contribution in [0.15, 0.2) is 30.5 Å². The van der Waals surface area contributed by atoms with E-state index in [0.717, 1.165) is 0 Å². The number of benzene rings is 1. The number of anilines is 1. The third-order valence-electron chi connectivity index (χ3n) is 2.84. The second kappa shape index (κ2) is 7.04. The quantitative estimate of drug-likeness (QED) is 0.828. The second-order valence-electron chi connectivity index (χ2n) is 4.52. The first-order valence-corrected chi connectivity index (χ1v) is 7.39. The molecule has 0 aliphatic carbocycles. The Hall–Kier alpha value is -2.41. The predicted molar refractivity (Wildman–Crippen MR) is 83.8 cm³/mol. The Morgan fingerprint density at radius 1 is 1.36 bits per heavy atom. The van der Waals surface area contributed by atoms with Crippen LogP contribution in [-0.2, 0) is 4.79 Å². The molecule has 1 aromatic carbocycles. The molecule has 2 aromatic rings. The standard InChI is InChI=1S/C15H16N2O4S/c1-9(18)11-5-4-6-12(7-11)21-10(2)14(19)17-15-16-8-13(20-3)22-15/h4-8,10H,1-3H3,(H,16,17,19)/t10-/m1/s1. The molecule has 0 unspecified atom stereocenters. The van der Waals surface area contributed by atoms with Gasteiger partial charge in [0, 0.05) is 5.56 Å². The summed E-state index contributed by atoms with van der Waals surface area (Å²) in [6.07, 6.45) is 0.805. The molecule has 2 rings (SSSR count). The van der Waals surface area contributed by atoms with Crippen LogP contribution in [0.4, 0.5) is 5.13 Å². The van der Waals surface area contributed by atoms with E-state index in [1.165, 1.54) is 31.6 Å². The molecule has 0 fully saturated rings. The first-order chi connectivity index (χ1) is 10.5. The summed E-state index contributed by atoms with van der Waals surface area (Å²) >= 11 is 1.23. The topological polar surface area (TPSA) is 77.5 Å². The minimum atomic E-state index is -0.725. The predicted octanol–water partition coefficient (Wildman–Crippen LogP) is 2.76. The Bertz CT molecular complexity index is 684. The van der Waals surface area contributed by atoms with Gasteiger partial charge in [-0.3, -0.25) is 14.9 Å². The van der Waals surface area contributed by atoms with Crippen LogP contribution in [0.1, 0.15) is 24.2 Å². The Morgan fingerprint density at radius 3 is 2.77 bits per heavy atom. The molecule has 6 nitrogen and oxygen atoms in total. The van der Waals surface area contributed by atoms with Crippen molar-refractivity contribution >= 4 is 28.2 Å². The fourth-order valence-corrected chi connectivity index (χ4v) is 2.30. The number of hydrogen-bond donors (Lipinski definition) is 1. The Labute approximate surface area is 132 Å². The van der Waals surface area contributed by atoms with Crippen LogP contribution in [-0.4, -0.2) is 29.9 Å². The largest absolute Gasteiger partial charge is 0.486 e. The van der Waals surface area contributed by atoms with Crippen molar-refractivity contribution in [2.45, 2.75) is 20.0 Å². The van der Waals surface area contributed by atoms with E-state index in [1.54, 1.807) is 31.2 Å². The molecule has 1 heterocycles. The van der Waals surface area contributed by atoms with Gasteiger partial charge in [-0.05, 0) is 26.0 Å². The minimum Gasteiger partial charge on any atom is -0.486 e. The van der Waals surface area contributed by atoms with Gasteiger partial charge in [-0.15, -0.1) is 0 Å². The van der Waals surface area contributed by atoms with E-state index in [0.29, 0.717) is 21.5 Å².